The summed E-state index contributed by atoms with van der Waals surface area (Å²) in [5.74, 6) is -1.36. The first-order valence-electron chi connectivity index (χ1n) is 6.89. The number of ether oxygens (including phenoxy) is 1. The summed E-state index contributed by atoms with van der Waals surface area (Å²) in [5, 5.41) is 0. The van der Waals surface area contributed by atoms with E-state index in [4.69, 9.17) is 4.74 Å². The van der Waals surface area contributed by atoms with Crippen LogP contribution in [-0.2, 0) is 9.53 Å². The number of halogens is 1. The number of piperidine rings is 1. The molecule has 4 nitrogen and oxygen atoms in total. The van der Waals surface area contributed by atoms with E-state index >= 15 is 0 Å². The first-order chi connectivity index (χ1) is 9.63. The van der Waals surface area contributed by atoms with Gasteiger partial charge in [-0.2, -0.15) is 0 Å². The molecule has 0 bridgehead atoms. The van der Waals surface area contributed by atoms with Crippen LogP contribution in [0, 0.1) is 3.57 Å². The maximum absolute atomic E-state index is 11.9. The minimum Gasteiger partial charge on any atom is -0.460 e. The average molecular weight is 387 g/mol. The van der Waals surface area contributed by atoms with Crippen LogP contribution in [0.2, 0.25) is 0 Å². The Hall–Kier alpha value is -1.11. The summed E-state index contributed by atoms with van der Waals surface area (Å²) in [6, 6.07) is 5.41. The highest BCUT2D eigenvalue weighted by Crippen LogP contribution is 2.26. The highest BCUT2D eigenvalue weighted by Gasteiger charge is 2.20. The number of benzene rings is 1. The minimum absolute atomic E-state index is 0.216. The zero-order chi connectivity index (χ0) is 14.5. The lowest BCUT2D eigenvalue weighted by molar-refractivity contribution is -0.137. The molecule has 0 aliphatic carbocycles. The van der Waals surface area contributed by atoms with Crippen molar-refractivity contribution in [3.63, 3.8) is 0 Å². The van der Waals surface area contributed by atoms with Crippen LogP contribution in [0.4, 0.5) is 5.69 Å². The van der Waals surface area contributed by atoms with Crippen molar-refractivity contribution in [2.45, 2.75) is 26.2 Å². The van der Waals surface area contributed by atoms with Crippen LogP contribution in [0.1, 0.15) is 36.5 Å². The lowest BCUT2D eigenvalue weighted by Crippen LogP contribution is -2.30. The standard InChI is InChI=1S/C15H18INO3/c1-2-20-15(19)14(18)11-6-7-13(12(16)10-11)17-8-4-3-5-9-17/h6-7,10H,2-5,8-9H2,1H3. The SMILES string of the molecule is CCOC(=O)C(=O)c1ccc(N2CCCCC2)c(I)c1. The fraction of sp³-hybridized carbons (Fsp3) is 0.467. The Morgan fingerprint density at radius 3 is 2.55 bits per heavy atom. The number of anilines is 1. The number of hydrogen-bond donors (Lipinski definition) is 0. The van der Waals surface area contributed by atoms with Gasteiger partial charge < -0.3 is 9.64 Å². The van der Waals surface area contributed by atoms with Crippen molar-refractivity contribution in [1.82, 2.24) is 0 Å². The molecule has 0 atom stereocenters. The van der Waals surface area contributed by atoms with Crippen LogP contribution >= 0.6 is 22.6 Å². The molecule has 1 aromatic carbocycles. The average Bonchev–Trinajstić information content (AvgIpc) is 2.47. The molecule has 108 valence electrons. The Labute approximate surface area is 132 Å². The van der Waals surface area contributed by atoms with E-state index in [-0.39, 0.29) is 6.61 Å². The topological polar surface area (TPSA) is 46.6 Å². The van der Waals surface area contributed by atoms with E-state index in [2.05, 4.69) is 27.5 Å². The lowest BCUT2D eigenvalue weighted by Gasteiger charge is -2.29. The third-order valence-corrected chi connectivity index (χ3v) is 4.23. The molecule has 0 saturated carbocycles. The highest BCUT2D eigenvalue weighted by molar-refractivity contribution is 14.1. The molecular formula is C15H18INO3. The van der Waals surface area contributed by atoms with Crippen molar-refractivity contribution in [1.29, 1.82) is 0 Å². The van der Waals surface area contributed by atoms with Crippen LogP contribution in [0.15, 0.2) is 18.2 Å². The third kappa shape index (κ3) is 3.50. The molecule has 1 aliphatic heterocycles. The van der Waals surface area contributed by atoms with Gasteiger partial charge in [-0.3, -0.25) is 4.79 Å². The van der Waals surface area contributed by atoms with Gasteiger partial charge in [0.15, 0.2) is 0 Å². The van der Waals surface area contributed by atoms with Gasteiger partial charge in [-0.15, -0.1) is 0 Å². The molecule has 1 aliphatic rings. The Morgan fingerprint density at radius 1 is 1.25 bits per heavy atom. The second kappa shape index (κ2) is 7.06. The van der Waals surface area contributed by atoms with E-state index < -0.39 is 11.8 Å². The number of nitrogens with zero attached hydrogens (tertiary/aromatic N) is 1. The van der Waals surface area contributed by atoms with Gasteiger partial charge >= 0.3 is 5.97 Å². The van der Waals surface area contributed by atoms with Crippen molar-refractivity contribution < 1.29 is 14.3 Å². The van der Waals surface area contributed by atoms with Crippen molar-refractivity contribution >= 4 is 40.0 Å². The molecule has 0 N–H and O–H groups in total. The minimum atomic E-state index is -0.783. The fourth-order valence-electron chi connectivity index (χ4n) is 2.35. The Kier molecular flexibility index (Phi) is 5.39. The summed E-state index contributed by atoms with van der Waals surface area (Å²) in [6.45, 7) is 4.02. The maximum Gasteiger partial charge on any atom is 0.379 e. The molecule has 0 radical (unpaired) electrons. The van der Waals surface area contributed by atoms with Crippen LogP contribution in [-0.4, -0.2) is 31.4 Å². The van der Waals surface area contributed by atoms with Crippen molar-refractivity contribution in [2.75, 3.05) is 24.6 Å². The number of hydrogen-bond acceptors (Lipinski definition) is 4. The third-order valence-electron chi connectivity index (χ3n) is 3.37. The Morgan fingerprint density at radius 2 is 1.95 bits per heavy atom. The maximum atomic E-state index is 11.9. The summed E-state index contributed by atoms with van der Waals surface area (Å²) in [5.41, 5.74) is 1.54. The van der Waals surface area contributed by atoms with E-state index in [1.54, 1.807) is 19.1 Å². The second-order valence-corrected chi connectivity index (χ2v) is 5.93. The number of carbonyl (C=O) groups excluding carboxylic acids is 2. The van der Waals surface area contributed by atoms with Gasteiger partial charge in [0.1, 0.15) is 0 Å². The van der Waals surface area contributed by atoms with Crippen molar-refractivity contribution in [2.24, 2.45) is 0 Å². The molecule has 1 saturated heterocycles. The van der Waals surface area contributed by atoms with Gasteiger partial charge in [-0.25, -0.2) is 4.79 Å². The number of Topliss-reactive ketones (excluding diaryl/α,β-unsaturated/α-hetero) is 1. The van der Waals surface area contributed by atoms with E-state index in [1.165, 1.54) is 19.3 Å². The molecular weight excluding hydrogens is 369 g/mol. The zero-order valence-corrected chi connectivity index (χ0v) is 13.7. The number of rotatable bonds is 4. The lowest BCUT2D eigenvalue weighted by atomic mass is 10.1. The normalized spacial score (nSPS) is 15.0. The van der Waals surface area contributed by atoms with Crippen LogP contribution in [0.5, 0.6) is 0 Å². The summed E-state index contributed by atoms with van der Waals surface area (Å²) < 4.78 is 5.74. The fourth-order valence-corrected chi connectivity index (χ4v) is 3.21. The molecule has 1 heterocycles. The van der Waals surface area contributed by atoms with Crippen LogP contribution in [0.3, 0.4) is 0 Å². The Balaban J connectivity index is 2.16. The highest BCUT2D eigenvalue weighted by atomic mass is 127. The molecule has 20 heavy (non-hydrogen) atoms. The van der Waals surface area contributed by atoms with Gasteiger partial charge in [0.25, 0.3) is 5.78 Å². The van der Waals surface area contributed by atoms with E-state index in [1.807, 2.05) is 6.07 Å². The van der Waals surface area contributed by atoms with Crippen molar-refractivity contribution in [3.05, 3.63) is 27.3 Å². The predicted molar refractivity (Wildman–Crippen MR) is 86.2 cm³/mol. The second-order valence-electron chi connectivity index (χ2n) is 4.76. The number of esters is 1. The molecule has 0 amide bonds. The van der Waals surface area contributed by atoms with Crippen LogP contribution < -0.4 is 4.90 Å². The molecule has 1 fully saturated rings. The Bertz CT molecular complexity index is 510. The molecule has 0 unspecified atom stereocenters. The smallest absolute Gasteiger partial charge is 0.379 e. The molecule has 2 rings (SSSR count). The predicted octanol–water partition coefficient (Wildman–Crippen LogP) is 3.03. The monoisotopic (exact) mass is 387 g/mol. The summed E-state index contributed by atoms with van der Waals surface area (Å²) in [6.07, 6.45) is 3.70. The first kappa shape index (κ1) is 15.3. The van der Waals surface area contributed by atoms with Gasteiger partial charge in [0.2, 0.25) is 0 Å². The molecule has 0 aromatic heterocycles. The summed E-state index contributed by atoms with van der Waals surface area (Å²) in [7, 11) is 0. The van der Waals surface area contributed by atoms with Crippen LogP contribution in [0.25, 0.3) is 0 Å². The quantitative estimate of drug-likeness (QED) is 0.345. The van der Waals surface area contributed by atoms with Gasteiger partial charge in [-0.1, -0.05) is 0 Å². The number of carbonyl (C=O) groups is 2. The zero-order valence-electron chi connectivity index (χ0n) is 11.5. The van der Waals surface area contributed by atoms with Gasteiger partial charge in [0, 0.05) is 22.2 Å². The first-order valence-corrected chi connectivity index (χ1v) is 7.97. The van der Waals surface area contributed by atoms with E-state index in [0.717, 1.165) is 22.3 Å². The summed E-state index contributed by atoms with van der Waals surface area (Å²) >= 11 is 2.22. The molecule has 1 aromatic rings. The largest absolute Gasteiger partial charge is 0.460 e. The number of ketones is 1. The van der Waals surface area contributed by atoms with Gasteiger partial charge in [0.05, 0.1) is 12.3 Å². The van der Waals surface area contributed by atoms with Crippen molar-refractivity contribution in [3.8, 4) is 0 Å². The summed E-state index contributed by atoms with van der Waals surface area (Å²) in [4.78, 5) is 25.7. The molecule has 5 heteroatoms. The van der Waals surface area contributed by atoms with E-state index in [9.17, 15) is 9.59 Å². The van der Waals surface area contributed by atoms with Gasteiger partial charge in [-0.05, 0) is 67.0 Å². The van der Waals surface area contributed by atoms with E-state index in [0.29, 0.717) is 5.56 Å². The molecule has 0 spiro atoms.